The van der Waals surface area contributed by atoms with Gasteiger partial charge in [0.1, 0.15) is 11.3 Å². The first-order valence-corrected chi connectivity index (χ1v) is 6.56. The molecule has 0 N–H and O–H groups in total. The van der Waals surface area contributed by atoms with Crippen LogP contribution >= 0.6 is 0 Å². The molecule has 0 aliphatic heterocycles. The first-order chi connectivity index (χ1) is 10.2. The highest BCUT2D eigenvalue weighted by Gasteiger charge is 2.21. The van der Waals surface area contributed by atoms with Crippen LogP contribution in [-0.4, -0.2) is 19.7 Å². The zero-order chi connectivity index (χ0) is 15.2. The lowest BCUT2D eigenvalue weighted by Gasteiger charge is -2.14. The Hall–Kier alpha value is -2.80. The van der Waals surface area contributed by atoms with Gasteiger partial charge in [0, 0.05) is 5.56 Å². The van der Waals surface area contributed by atoms with E-state index in [1.54, 1.807) is 19.1 Å². The summed E-state index contributed by atoms with van der Waals surface area (Å²) in [4.78, 5) is 12.0. The maximum atomic E-state index is 12.0. The van der Waals surface area contributed by atoms with Gasteiger partial charge in [-0.15, -0.1) is 0 Å². The molecule has 0 aliphatic carbocycles. The lowest BCUT2D eigenvalue weighted by Crippen LogP contribution is -2.08. The van der Waals surface area contributed by atoms with Gasteiger partial charge in [-0.05, 0) is 24.6 Å². The van der Waals surface area contributed by atoms with Crippen molar-refractivity contribution in [3.63, 3.8) is 0 Å². The van der Waals surface area contributed by atoms with Gasteiger partial charge in [-0.2, -0.15) is 5.26 Å². The SMILES string of the molecule is CCOC(=O)c1ccc(C#N)c(-c2ccccc2)c1OC. The number of nitriles is 1. The van der Waals surface area contributed by atoms with Crippen LogP contribution in [0.5, 0.6) is 5.75 Å². The van der Waals surface area contributed by atoms with Crippen molar-refractivity contribution in [2.24, 2.45) is 0 Å². The summed E-state index contributed by atoms with van der Waals surface area (Å²) in [6.45, 7) is 2.02. The quantitative estimate of drug-likeness (QED) is 0.806. The van der Waals surface area contributed by atoms with E-state index in [9.17, 15) is 10.1 Å². The predicted octanol–water partition coefficient (Wildman–Crippen LogP) is 3.41. The fourth-order valence-corrected chi connectivity index (χ4v) is 2.15. The number of carbonyl (C=O) groups excluding carboxylic acids is 1. The molecule has 0 aromatic heterocycles. The van der Waals surface area contributed by atoms with Crippen molar-refractivity contribution < 1.29 is 14.3 Å². The molecule has 0 amide bonds. The van der Waals surface area contributed by atoms with Crippen LogP contribution in [0.15, 0.2) is 42.5 Å². The average Bonchev–Trinajstić information content (AvgIpc) is 2.54. The predicted molar refractivity (Wildman–Crippen MR) is 79.1 cm³/mol. The summed E-state index contributed by atoms with van der Waals surface area (Å²) >= 11 is 0. The maximum Gasteiger partial charge on any atom is 0.341 e. The van der Waals surface area contributed by atoms with Gasteiger partial charge in [0.25, 0.3) is 0 Å². The second kappa shape index (κ2) is 6.58. The molecule has 0 heterocycles. The number of hydrogen-bond acceptors (Lipinski definition) is 4. The van der Waals surface area contributed by atoms with Gasteiger partial charge >= 0.3 is 5.97 Å². The van der Waals surface area contributed by atoms with Crippen molar-refractivity contribution in [3.8, 4) is 22.9 Å². The fraction of sp³-hybridized carbons (Fsp3) is 0.176. The molecule has 0 atom stereocenters. The van der Waals surface area contributed by atoms with E-state index in [0.29, 0.717) is 22.4 Å². The topological polar surface area (TPSA) is 59.3 Å². The number of methoxy groups -OCH3 is 1. The van der Waals surface area contributed by atoms with Crippen LogP contribution in [0.2, 0.25) is 0 Å². The number of benzene rings is 2. The lowest BCUT2D eigenvalue weighted by molar-refractivity contribution is 0.0523. The van der Waals surface area contributed by atoms with Crippen molar-refractivity contribution in [1.82, 2.24) is 0 Å². The normalized spacial score (nSPS) is 9.76. The van der Waals surface area contributed by atoms with E-state index in [0.717, 1.165) is 5.56 Å². The molecule has 0 spiro atoms. The van der Waals surface area contributed by atoms with E-state index < -0.39 is 5.97 Å². The maximum absolute atomic E-state index is 12.0. The van der Waals surface area contributed by atoms with Crippen molar-refractivity contribution in [2.75, 3.05) is 13.7 Å². The number of carbonyl (C=O) groups is 1. The third-order valence-corrected chi connectivity index (χ3v) is 3.04. The molecular formula is C17H15NO3. The molecule has 0 radical (unpaired) electrons. The number of ether oxygens (including phenoxy) is 2. The molecule has 0 fully saturated rings. The van der Waals surface area contributed by atoms with Crippen LogP contribution in [0.4, 0.5) is 0 Å². The van der Waals surface area contributed by atoms with Crippen molar-refractivity contribution in [1.29, 1.82) is 5.26 Å². The molecule has 0 saturated carbocycles. The highest BCUT2D eigenvalue weighted by molar-refractivity contribution is 5.97. The average molecular weight is 281 g/mol. The number of rotatable bonds is 4. The van der Waals surface area contributed by atoms with Crippen LogP contribution in [0.3, 0.4) is 0 Å². The molecule has 106 valence electrons. The summed E-state index contributed by atoms with van der Waals surface area (Å²) in [5, 5.41) is 9.31. The summed E-state index contributed by atoms with van der Waals surface area (Å²) in [5.74, 6) is -0.102. The van der Waals surface area contributed by atoms with Crippen molar-refractivity contribution >= 4 is 5.97 Å². The second-order valence-electron chi connectivity index (χ2n) is 4.27. The van der Waals surface area contributed by atoms with Gasteiger partial charge in [-0.3, -0.25) is 0 Å². The molecule has 2 aromatic rings. The summed E-state index contributed by atoms with van der Waals surface area (Å²) in [6, 6.07) is 14.7. The van der Waals surface area contributed by atoms with E-state index in [-0.39, 0.29) is 6.61 Å². The van der Waals surface area contributed by atoms with Crippen LogP contribution in [0, 0.1) is 11.3 Å². The molecule has 21 heavy (non-hydrogen) atoms. The van der Waals surface area contributed by atoms with Crippen molar-refractivity contribution in [2.45, 2.75) is 6.92 Å². The number of hydrogen-bond donors (Lipinski definition) is 0. The van der Waals surface area contributed by atoms with Crippen LogP contribution in [0.25, 0.3) is 11.1 Å². The van der Waals surface area contributed by atoms with E-state index in [1.165, 1.54) is 7.11 Å². The zero-order valence-electron chi connectivity index (χ0n) is 11.9. The van der Waals surface area contributed by atoms with Gasteiger partial charge < -0.3 is 9.47 Å². The minimum Gasteiger partial charge on any atom is -0.495 e. The monoisotopic (exact) mass is 281 g/mol. The molecule has 2 aromatic carbocycles. The molecule has 4 nitrogen and oxygen atoms in total. The van der Waals surface area contributed by atoms with Crippen molar-refractivity contribution in [3.05, 3.63) is 53.6 Å². The fourth-order valence-electron chi connectivity index (χ4n) is 2.15. The Morgan fingerprint density at radius 1 is 1.19 bits per heavy atom. The third-order valence-electron chi connectivity index (χ3n) is 3.04. The van der Waals surface area contributed by atoms with Crippen LogP contribution in [0.1, 0.15) is 22.8 Å². The number of nitrogens with zero attached hydrogens (tertiary/aromatic N) is 1. The summed E-state index contributed by atoms with van der Waals surface area (Å²) in [5.41, 5.74) is 2.19. The first kappa shape index (κ1) is 14.6. The molecule has 0 aliphatic rings. The molecule has 4 heteroatoms. The molecule has 0 saturated heterocycles. The minimum atomic E-state index is -0.462. The smallest absolute Gasteiger partial charge is 0.341 e. The molecule has 0 bridgehead atoms. The van der Waals surface area contributed by atoms with E-state index >= 15 is 0 Å². The molecule has 2 rings (SSSR count). The van der Waals surface area contributed by atoms with Gasteiger partial charge in [0.15, 0.2) is 0 Å². The standard InChI is InChI=1S/C17H15NO3/c1-3-21-17(19)14-10-9-13(11-18)15(16(14)20-2)12-7-5-4-6-8-12/h4-10H,3H2,1-2H3. The van der Waals surface area contributed by atoms with Gasteiger partial charge in [-0.25, -0.2) is 4.79 Å². The van der Waals surface area contributed by atoms with Crippen LogP contribution < -0.4 is 4.74 Å². The Morgan fingerprint density at radius 3 is 2.48 bits per heavy atom. The number of esters is 1. The largest absolute Gasteiger partial charge is 0.495 e. The zero-order valence-corrected chi connectivity index (χ0v) is 11.9. The van der Waals surface area contributed by atoms with Gasteiger partial charge in [0.2, 0.25) is 0 Å². The molecule has 0 unspecified atom stereocenters. The third kappa shape index (κ3) is 2.87. The van der Waals surface area contributed by atoms with Crippen LogP contribution in [-0.2, 0) is 4.74 Å². The minimum absolute atomic E-state index is 0.280. The molecular weight excluding hydrogens is 266 g/mol. The Bertz CT molecular complexity index is 687. The summed E-state index contributed by atoms with van der Waals surface area (Å²) in [6.07, 6.45) is 0. The summed E-state index contributed by atoms with van der Waals surface area (Å²) < 4.78 is 10.4. The Labute approximate surface area is 123 Å². The Kier molecular flexibility index (Phi) is 4.57. The van der Waals surface area contributed by atoms with E-state index in [1.807, 2.05) is 30.3 Å². The lowest BCUT2D eigenvalue weighted by atomic mass is 9.96. The first-order valence-electron chi connectivity index (χ1n) is 6.56. The van der Waals surface area contributed by atoms with E-state index in [2.05, 4.69) is 6.07 Å². The Morgan fingerprint density at radius 2 is 1.90 bits per heavy atom. The Balaban J connectivity index is 2.69. The van der Waals surface area contributed by atoms with E-state index in [4.69, 9.17) is 9.47 Å². The second-order valence-corrected chi connectivity index (χ2v) is 4.27. The van der Waals surface area contributed by atoms with Gasteiger partial charge in [0.05, 0.1) is 25.3 Å². The summed E-state index contributed by atoms with van der Waals surface area (Å²) in [7, 11) is 1.48. The highest BCUT2D eigenvalue weighted by Crippen LogP contribution is 2.36. The highest BCUT2D eigenvalue weighted by atomic mass is 16.5. The van der Waals surface area contributed by atoms with Gasteiger partial charge in [-0.1, -0.05) is 30.3 Å².